The van der Waals surface area contributed by atoms with Crippen molar-refractivity contribution in [1.29, 1.82) is 0 Å². The number of hydrogen-bond acceptors (Lipinski definition) is 12. The Bertz CT molecular complexity index is 2200. The molecule has 0 radical (unpaired) electrons. The molecule has 2 aliphatic heterocycles. The Morgan fingerprint density at radius 2 is 1.75 bits per heavy atom. The van der Waals surface area contributed by atoms with Crippen LogP contribution in [0, 0.1) is 23.2 Å². The van der Waals surface area contributed by atoms with E-state index in [2.05, 4.69) is 20.9 Å². The summed E-state index contributed by atoms with van der Waals surface area (Å²) in [6.45, 7) is 14.8. The lowest BCUT2D eigenvalue weighted by Gasteiger charge is -2.35. The number of nitrogens with zero attached hydrogens (tertiary/aromatic N) is 4. The molecule has 15 nitrogen and oxygen atoms in total. The van der Waals surface area contributed by atoms with Gasteiger partial charge in [0.2, 0.25) is 11.8 Å². The van der Waals surface area contributed by atoms with Crippen LogP contribution in [0.1, 0.15) is 99.3 Å². The maximum absolute atomic E-state index is 14.8. The number of amides is 3. The fourth-order valence-electron chi connectivity index (χ4n) is 9.74. The molecule has 3 saturated carbocycles. The third-order valence-corrected chi connectivity index (χ3v) is 14.6. The number of piperidine rings is 1. The minimum Gasteiger partial charge on any atom is -0.491 e. The summed E-state index contributed by atoms with van der Waals surface area (Å²) in [7, 11) is 0. The average molecular weight is 909 g/mol. The van der Waals surface area contributed by atoms with E-state index in [9.17, 15) is 24.3 Å². The van der Waals surface area contributed by atoms with Crippen LogP contribution >= 0.6 is 22.9 Å². The molecule has 3 amide bonds. The molecule has 342 valence electrons. The van der Waals surface area contributed by atoms with Crippen LogP contribution in [0.3, 0.4) is 0 Å². The molecule has 3 aromatic rings. The molecule has 8 atom stereocenters. The minimum absolute atomic E-state index is 0.0206. The number of carboxylic acid groups (broad SMARTS) is 1. The Morgan fingerprint density at radius 1 is 1.00 bits per heavy atom. The molecule has 3 aliphatic carbocycles. The molecule has 2 aromatic heterocycles. The summed E-state index contributed by atoms with van der Waals surface area (Å²) >= 11 is 8.58. The van der Waals surface area contributed by atoms with Crippen molar-refractivity contribution in [3.63, 3.8) is 0 Å². The van der Waals surface area contributed by atoms with Crippen LogP contribution in [-0.4, -0.2) is 117 Å². The van der Waals surface area contributed by atoms with Crippen LogP contribution in [0.5, 0.6) is 11.5 Å². The van der Waals surface area contributed by atoms with Crippen molar-refractivity contribution in [2.45, 2.75) is 135 Å². The van der Waals surface area contributed by atoms with Crippen LogP contribution in [0.2, 0.25) is 5.02 Å². The van der Waals surface area contributed by atoms with Crippen molar-refractivity contribution < 1.29 is 38.5 Å². The molecule has 4 N–H and O–H groups in total. The number of rotatable bonds is 16. The van der Waals surface area contributed by atoms with Gasteiger partial charge in [0.15, 0.2) is 5.13 Å². The van der Waals surface area contributed by atoms with Crippen LogP contribution < -0.4 is 25.4 Å². The number of likely N-dealkylation sites (tertiary alicyclic amines) is 2. The maximum atomic E-state index is 14.8. The first-order valence-corrected chi connectivity index (χ1v) is 24.0. The van der Waals surface area contributed by atoms with Crippen molar-refractivity contribution in [2.75, 3.05) is 38.1 Å². The topological polar surface area (TPSA) is 185 Å². The lowest BCUT2D eigenvalue weighted by Crippen LogP contribution is -2.59. The monoisotopic (exact) mass is 907 g/mol. The Morgan fingerprint density at radius 3 is 2.41 bits per heavy atom. The largest absolute Gasteiger partial charge is 0.491 e. The Labute approximate surface area is 378 Å². The lowest BCUT2D eigenvalue weighted by atomic mass is 9.85. The van der Waals surface area contributed by atoms with Gasteiger partial charge in [0.05, 0.1) is 17.8 Å². The van der Waals surface area contributed by atoms with E-state index in [1.165, 1.54) is 41.9 Å². The molecule has 8 rings (SSSR count). The van der Waals surface area contributed by atoms with Crippen molar-refractivity contribution in [3.8, 4) is 22.9 Å². The Hall–Kier alpha value is -4.41. The van der Waals surface area contributed by atoms with Crippen LogP contribution in [0.4, 0.5) is 9.93 Å². The number of aliphatic carboxylic acids is 1. The number of aromatic nitrogens is 2. The van der Waals surface area contributed by atoms with E-state index < -0.39 is 53.0 Å². The van der Waals surface area contributed by atoms with Gasteiger partial charge in [0.25, 0.3) is 0 Å². The molecule has 2 unspecified atom stereocenters. The molecular formula is C46H62ClN7O8S. The molecule has 63 heavy (non-hydrogen) atoms. The summed E-state index contributed by atoms with van der Waals surface area (Å²) in [5.41, 5.74) is -0.626. The van der Waals surface area contributed by atoms with Gasteiger partial charge in [-0.25, -0.2) is 19.6 Å². The number of alkyl carbamates (subject to hydrolysis) is 1. The van der Waals surface area contributed by atoms with E-state index in [-0.39, 0.29) is 31.0 Å². The zero-order valence-corrected chi connectivity index (χ0v) is 38.8. The van der Waals surface area contributed by atoms with Crippen molar-refractivity contribution in [1.82, 2.24) is 30.4 Å². The number of thiazole rings is 1. The number of hydrogen-bond donors (Lipinski definition) is 4. The second-order valence-corrected chi connectivity index (χ2v) is 20.9. The number of nitrogens with one attached hydrogen (secondary N) is 3. The number of fused-ring (bicyclic) bond motifs is 2. The third-order valence-electron chi connectivity index (χ3n) is 13.5. The van der Waals surface area contributed by atoms with Crippen LogP contribution in [0.25, 0.3) is 22.3 Å². The Kier molecular flexibility index (Phi) is 13.1. The number of halogens is 1. The highest BCUT2D eigenvalue weighted by atomic mass is 35.5. The lowest BCUT2D eigenvalue weighted by molar-refractivity contribution is -0.146. The van der Waals surface area contributed by atoms with Gasteiger partial charge in [-0.15, -0.1) is 11.3 Å². The molecule has 2 saturated heterocycles. The van der Waals surface area contributed by atoms with Crippen molar-refractivity contribution >= 4 is 62.8 Å². The van der Waals surface area contributed by atoms with Gasteiger partial charge in [0.1, 0.15) is 58.7 Å². The number of carboxylic acids is 1. The molecule has 4 heterocycles. The quantitative estimate of drug-likeness (QED) is 0.112. The summed E-state index contributed by atoms with van der Waals surface area (Å²) in [6, 6.07) is 3.46. The smallest absolute Gasteiger partial charge is 0.408 e. The summed E-state index contributed by atoms with van der Waals surface area (Å²) < 4.78 is 18.9. The summed E-state index contributed by atoms with van der Waals surface area (Å²) in [6.07, 6.45) is 5.78. The van der Waals surface area contributed by atoms with E-state index in [1.54, 1.807) is 6.07 Å². The standard InChI is InChI=1S/C46H62ClN7O8S/c1-7-28-22-46(28,42(57)58)52-40(55)34-20-30(23-54(34)41(56)39(45(4,5)6)51-44(59)62-29-18-26-17-27(26)19-29)61-36-21-32(33-24-63-43(50-33)48-25(2)3)49-38-31(36)11-12-35(37(38)47)60-16-15-53-13-9-8-10-14-53/h11-12,21,24-30,34,39H,7-10,13-20,22-23H2,1-6H3,(H,48,50)(H,51,59)(H,52,55)(H,57,58)/t26-,27+,28-,29?,30-,34+,39-,46?/m1/s1. The van der Waals surface area contributed by atoms with Gasteiger partial charge in [0, 0.05) is 35.8 Å². The Balaban J connectivity index is 1.09. The number of anilines is 1. The zero-order valence-electron chi connectivity index (χ0n) is 37.2. The summed E-state index contributed by atoms with van der Waals surface area (Å²) in [5, 5.41) is 22.8. The second kappa shape index (κ2) is 18.2. The van der Waals surface area contributed by atoms with Gasteiger partial charge in [-0.2, -0.15) is 0 Å². The fourth-order valence-corrected chi connectivity index (χ4v) is 10.9. The third kappa shape index (κ3) is 9.97. The molecule has 0 spiro atoms. The normalized spacial score (nSPS) is 27.1. The highest BCUT2D eigenvalue weighted by molar-refractivity contribution is 7.14. The number of ether oxygens (including phenoxy) is 3. The number of carbonyl (C=O) groups excluding carboxylic acids is 3. The summed E-state index contributed by atoms with van der Waals surface area (Å²) in [4.78, 5) is 68.7. The van der Waals surface area contributed by atoms with Crippen molar-refractivity contribution in [2.24, 2.45) is 23.2 Å². The van der Waals surface area contributed by atoms with E-state index in [0.29, 0.717) is 70.1 Å². The first kappa shape index (κ1) is 45.2. The van der Waals surface area contributed by atoms with Crippen molar-refractivity contribution in [3.05, 3.63) is 28.6 Å². The number of carbonyl (C=O) groups is 4. The first-order chi connectivity index (χ1) is 30.0. The molecule has 5 fully saturated rings. The summed E-state index contributed by atoms with van der Waals surface area (Å²) in [5.74, 6) is -0.300. The van der Waals surface area contributed by atoms with Crippen LogP contribution in [0.15, 0.2) is 23.6 Å². The molecule has 5 aliphatic rings. The predicted molar refractivity (Wildman–Crippen MR) is 241 cm³/mol. The van der Waals surface area contributed by atoms with Gasteiger partial charge < -0.3 is 40.2 Å². The maximum Gasteiger partial charge on any atom is 0.408 e. The molecular weight excluding hydrogens is 846 g/mol. The fraction of sp³-hybridized carbons (Fsp3) is 0.652. The molecule has 17 heteroatoms. The van der Waals surface area contributed by atoms with Gasteiger partial charge in [-0.3, -0.25) is 14.5 Å². The molecule has 1 aromatic carbocycles. The van der Waals surface area contributed by atoms with E-state index in [4.69, 9.17) is 35.8 Å². The minimum atomic E-state index is -1.41. The molecule has 0 bridgehead atoms. The van der Waals surface area contributed by atoms with E-state index in [1.807, 2.05) is 59.1 Å². The highest BCUT2D eigenvalue weighted by Crippen LogP contribution is 2.52. The zero-order chi connectivity index (χ0) is 44.8. The van der Waals surface area contributed by atoms with Gasteiger partial charge in [-0.1, -0.05) is 52.1 Å². The number of benzene rings is 1. The second-order valence-electron chi connectivity index (χ2n) is 19.6. The number of pyridine rings is 1. The van der Waals surface area contributed by atoms with Crippen LogP contribution in [-0.2, 0) is 19.1 Å². The van der Waals surface area contributed by atoms with Gasteiger partial charge >= 0.3 is 12.1 Å². The highest BCUT2D eigenvalue weighted by Gasteiger charge is 2.61. The average Bonchev–Trinajstić information content (AvgIpc) is 3.91. The van der Waals surface area contributed by atoms with E-state index in [0.717, 1.165) is 37.6 Å². The first-order valence-electron chi connectivity index (χ1n) is 22.7. The SMILES string of the molecule is CC[C@@H]1CC1(NC(=O)[C@@H]1C[C@@H](Oc2cc(-c3csc(NC(C)C)n3)nc3c(Cl)c(OCCN4CCCCC4)ccc23)CN1C(=O)[C@@H](NC(=O)OC1C[C@@H]2C[C@@H]2C1)C(C)(C)C)C(=O)O. The predicted octanol–water partition coefficient (Wildman–Crippen LogP) is 7.35. The van der Waals surface area contributed by atoms with E-state index >= 15 is 0 Å². The van der Waals surface area contributed by atoms with Gasteiger partial charge in [-0.05, 0) is 101 Å².